The van der Waals surface area contributed by atoms with Crippen LogP contribution < -0.4 is 4.90 Å². The van der Waals surface area contributed by atoms with Crippen molar-refractivity contribution in [2.45, 2.75) is 37.4 Å². The first-order chi connectivity index (χ1) is 11.7. The maximum absolute atomic E-state index is 12.1. The van der Waals surface area contributed by atoms with E-state index >= 15 is 0 Å². The zero-order chi connectivity index (χ0) is 16.4. The molecule has 0 radical (unpaired) electrons. The molecule has 4 heterocycles. The molecule has 0 unspecified atom stereocenters. The fraction of sp³-hybridized carbons (Fsp3) is 0.706. The molecule has 1 aromatic rings. The molecule has 0 N–H and O–H groups in total. The van der Waals surface area contributed by atoms with Gasteiger partial charge in [-0.25, -0.2) is 9.97 Å². The van der Waals surface area contributed by atoms with E-state index in [1.807, 2.05) is 11.0 Å². The molecule has 0 bridgehead atoms. The second kappa shape index (κ2) is 6.64. The summed E-state index contributed by atoms with van der Waals surface area (Å²) in [5, 5.41) is 0. The van der Waals surface area contributed by atoms with Crippen molar-refractivity contribution in [3.8, 4) is 0 Å². The zero-order valence-corrected chi connectivity index (χ0v) is 13.9. The van der Waals surface area contributed by atoms with Crippen molar-refractivity contribution in [1.82, 2.24) is 14.9 Å². The van der Waals surface area contributed by atoms with Gasteiger partial charge >= 0.3 is 0 Å². The topological polar surface area (TPSA) is 67.8 Å². The molecule has 1 amide bonds. The maximum atomic E-state index is 12.1. The lowest BCUT2D eigenvalue weighted by molar-refractivity contribution is -0.137. The summed E-state index contributed by atoms with van der Waals surface area (Å²) in [6.45, 7) is 4.17. The maximum Gasteiger partial charge on any atom is 0.248 e. The molecular weight excluding hydrogens is 308 g/mol. The van der Waals surface area contributed by atoms with Crippen LogP contribution in [0.2, 0.25) is 0 Å². The van der Waals surface area contributed by atoms with Gasteiger partial charge in [0.2, 0.25) is 11.9 Å². The predicted molar refractivity (Wildman–Crippen MR) is 87.7 cm³/mol. The van der Waals surface area contributed by atoms with Crippen LogP contribution in [0.25, 0.3) is 0 Å². The van der Waals surface area contributed by atoms with Crippen LogP contribution in [-0.2, 0) is 14.3 Å². The average Bonchev–Trinajstić information content (AvgIpc) is 3.36. The van der Waals surface area contributed by atoms with Crippen molar-refractivity contribution < 1.29 is 14.3 Å². The molecule has 1 aromatic heterocycles. The summed E-state index contributed by atoms with van der Waals surface area (Å²) < 4.78 is 11.9. The van der Waals surface area contributed by atoms with Gasteiger partial charge in [0.1, 0.15) is 6.61 Å². The minimum Gasteiger partial charge on any atom is -0.370 e. The predicted octanol–water partition coefficient (Wildman–Crippen LogP) is 0.853. The van der Waals surface area contributed by atoms with Gasteiger partial charge in [0, 0.05) is 38.4 Å². The van der Waals surface area contributed by atoms with E-state index in [1.165, 1.54) is 0 Å². The van der Waals surface area contributed by atoms with Gasteiger partial charge in [0.05, 0.1) is 24.9 Å². The number of anilines is 1. The number of carbonyl (C=O) groups is 1. The van der Waals surface area contributed by atoms with E-state index in [0.717, 1.165) is 57.8 Å². The molecule has 0 aromatic carbocycles. The Morgan fingerprint density at radius 1 is 1.29 bits per heavy atom. The van der Waals surface area contributed by atoms with Gasteiger partial charge in [-0.3, -0.25) is 4.79 Å². The number of hydrogen-bond donors (Lipinski definition) is 0. The van der Waals surface area contributed by atoms with Gasteiger partial charge in [-0.05, 0) is 25.3 Å². The normalized spacial score (nSPS) is 29.8. The minimum absolute atomic E-state index is 0.00759. The molecular formula is C17H24N4O3. The summed E-state index contributed by atoms with van der Waals surface area (Å²) in [5.74, 6) is 0.866. The lowest BCUT2D eigenvalue weighted by atomic mass is 9.98. The number of amides is 1. The van der Waals surface area contributed by atoms with Crippen LogP contribution in [0.3, 0.4) is 0 Å². The number of ether oxygens (including phenoxy) is 2. The fourth-order valence-electron chi connectivity index (χ4n) is 3.91. The van der Waals surface area contributed by atoms with E-state index in [9.17, 15) is 4.79 Å². The Morgan fingerprint density at radius 2 is 2.08 bits per heavy atom. The van der Waals surface area contributed by atoms with Crippen LogP contribution in [0.4, 0.5) is 5.95 Å². The van der Waals surface area contributed by atoms with Gasteiger partial charge in [-0.15, -0.1) is 0 Å². The number of nitrogens with zero attached hydrogens (tertiary/aromatic N) is 4. The van der Waals surface area contributed by atoms with Crippen molar-refractivity contribution in [3.05, 3.63) is 18.5 Å². The third-order valence-corrected chi connectivity index (χ3v) is 5.23. The zero-order valence-electron chi connectivity index (χ0n) is 13.9. The summed E-state index contributed by atoms with van der Waals surface area (Å²) in [5.41, 5.74) is -0.180. The molecule has 0 saturated carbocycles. The third kappa shape index (κ3) is 3.23. The van der Waals surface area contributed by atoms with E-state index in [0.29, 0.717) is 6.61 Å². The van der Waals surface area contributed by atoms with E-state index in [1.54, 1.807) is 12.4 Å². The lowest BCUT2D eigenvalue weighted by Gasteiger charge is -2.23. The van der Waals surface area contributed by atoms with Crippen molar-refractivity contribution in [3.63, 3.8) is 0 Å². The molecule has 3 aliphatic heterocycles. The third-order valence-electron chi connectivity index (χ3n) is 5.23. The Balaban J connectivity index is 1.28. The van der Waals surface area contributed by atoms with Crippen molar-refractivity contribution in [2.24, 2.45) is 0 Å². The van der Waals surface area contributed by atoms with Gasteiger partial charge in [0.25, 0.3) is 0 Å². The van der Waals surface area contributed by atoms with E-state index < -0.39 is 0 Å². The highest BCUT2D eigenvalue weighted by atomic mass is 16.6. The molecule has 7 nitrogen and oxygen atoms in total. The van der Waals surface area contributed by atoms with E-state index in [-0.39, 0.29) is 24.2 Å². The summed E-state index contributed by atoms with van der Waals surface area (Å²) in [6, 6.07) is 1.82. The Bertz CT molecular complexity index is 578. The number of hydrogen-bond acceptors (Lipinski definition) is 6. The quantitative estimate of drug-likeness (QED) is 0.814. The van der Waals surface area contributed by atoms with Crippen LogP contribution in [0.5, 0.6) is 0 Å². The number of carbonyl (C=O) groups excluding carboxylic acids is 1. The SMILES string of the molecule is O=C(CO[C@H]1CO[C@@]2(CCN(c3ncccn3)C2)C1)N1CCCC1. The first-order valence-electron chi connectivity index (χ1n) is 8.79. The van der Waals surface area contributed by atoms with Crippen molar-refractivity contribution in [2.75, 3.05) is 44.3 Å². The molecule has 4 rings (SSSR count). The Morgan fingerprint density at radius 3 is 2.88 bits per heavy atom. The molecule has 1 spiro atoms. The molecule has 3 aliphatic rings. The van der Waals surface area contributed by atoms with Gasteiger partial charge in [-0.1, -0.05) is 0 Å². The van der Waals surface area contributed by atoms with Crippen molar-refractivity contribution >= 4 is 11.9 Å². The largest absolute Gasteiger partial charge is 0.370 e. The minimum atomic E-state index is -0.180. The molecule has 7 heteroatoms. The van der Waals surface area contributed by atoms with Crippen LogP contribution in [-0.4, -0.2) is 71.9 Å². The number of likely N-dealkylation sites (tertiary alicyclic amines) is 1. The van der Waals surface area contributed by atoms with Gasteiger partial charge in [-0.2, -0.15) is 0 Å². The second-order valence-corrected chi connectivity index (χ2v) is 6.94. The lowest BCUT2D eigenvalue weighted by Crippen LogP contribution is -2.35. The highest BCUT2D eigenvalue weighted by molar-refractivity contribution is 5.77. The van der Waals surface area contributed by atoms with E-state index in [2.05, 4.69) is 14.9 Å². The number of aromatic nitrogens is 2. The number of rotatable bonds is 4. The summed E-state index contributed by atoms with van der Waals surface area (Å²) in [6.07, 6.45) is 7.54. The first kappa shape index (κ1) is 15.8. The van der Waals surface area contributed by atoms with Crippen LogP contribution in [0.15, 0.2) is 18.5 Å². The van der Waals surface area contributed by atoms with Crippen molar-refractivity contribution in [1.29, 1.82) is 0 Å². The van der Waals surface area contributed by atoms with Crippen LogP contribution >= 0.6 is 0 Å². The highest BCUT2D eigenvalue weighted by Crippen LogP contribution is 2.37. The Labute approximate surface area is 142 Å². The Kier molecular flexibility index (Phi) is 4.37. The fourth-order valence-corrected chi connectivity index (χ4v) is 3.91. The van der Waals surface area contributed by atoms with Crippen LogP contribution in [0, 0.1) is 0 Å². The highest BCUT2D eigenvalue weighted by Gasteiger charge is 2.46. The molecule has 24 heavy (non-hydrogen) atoms. The summed E-state index contributed by atoms with van der Waals surface area (Å²) >= 11 is 0. The van der Waals surface area contributed by atoms with Gasteiger partial charge < -0.3 is 19.3 Å². The van der Waals surface area contributed by atoms with E-state index in [4.69, 9.17) is 9.47 Å². The molecule has 2 atom stereocenters. The van der Waals surface area contributed by atoms with Crippen LogP contribution in [0.1, 0.15) is 25.7 Å². The average molecular weight is 332 g/mol. The molecule has 0 aliphatic carbocycles. The molecule has 3 saturated heterocycles. The molecule has 130 valence electrons. The second-order valence-electron chi connectivity index (χ2n) is 6.94. The summed E-state index contributed by atoms with van der Waals surface area (Å²) in [7, 11) is 0. The smallest absolute Gasteiger partial charge is 0.248 e. The standard InChI is InChI=1S/C17H24N4O3/c22-15(20-7-1-2-8-20)12-23-14-10-17(24-11-14)4-9-21(13-17)16-18-5-3-6-19-16/h3,5-6,14H,1-2,4,7-13H2/t14-,17+/m1/s1. The van der Waals surface area contributed by atoms with Gasteiger partial charge in [0.15, 0.2) is 0 Å². The summed E-state index contributed by atoms with van der Waals surface area (Å²) in [4.78, 5) is 24.8. The molecule has 3 fully saturated rings. The Hall–Kier alpha value is -1.73. The monoisotopic (exact) mass is 332 g/mol. The first-order valence-corrected chi connectivity index (χ1v) is 8.79.